The number of aliphatic hydroxyl groups is 1. The summed E-state index contributed by atoms with van der Waals surface area (Å²) in [5.74, 6) is -3.68. The molecular weight excluding hydrogens is 1030 g/mol. The third-order valence-corrected chi connectivity index (χ3v) is 17.2. The number of epoxide rings is 1. The molecule has 1 aromatic carbocycles. The Labute approximate surface area is 453 Å². The van der Waals surface area contributed by atoms with Gasteiger partial charge in [0, 0.05) is 71.1 Å². The lowest BCUT2D eigenvalue weighted by atomic mass is 9.81. The number of unbranched alkanes of at least 4 members (excludes halogenated alkanes) is 1. The van der Waals surface area contributed by atoms with E-state index in [4.69, 9.17) is 46.1 Å². The second kappa shape index (κ2) is 25.9. The number of hydrogen-bond acceptors (Lipinski definition) is 16. The van der Waals surface area contributed by atoms with Gasteiger partial charge in [0.05, 0.1) is 30.6 Å². The first-order valence-electron chi connectivity index (χ1n) is 26.0. The Morgan fingerprint density at radius 2 is 1.79 bits per heavy atom. The van der Waals surface area contributed by atoms with Gasteiger partial charge in [0.15, 0.2) is 5.72 Å². The fraction of sp³-hybridized carbons (Fsp3) is 0.660. The third-order valence-electron chi connectivity index (χ3n) is 15.6. The molecule has 6 amide bonds. The number of ether oxygens (including phenoxy) is 5. The van der Waals surface area contributed by atoms with Crippen LogP contribution in [-0.4, -0.2) is 168 Å². The smallest absolute Gasteiger partial charge is 0.409 e. The number of aliphatic carboxylic acids is 1. The number of esters is 1. The van der Waals surface area contributed by atoms with E-state index in [0.717, 1.165) is 11.1 Å². The Bertz CT molecular complexity index is 2420. The van der Waals surface area contributed by atoms with Crippen molar-refractivity contribution in [3.63, 3.8) is 0 Å². The van der Waals surface area contributed by atoms with E-state index < -0.39 is 95.3 Å². The molecule has 1 aliphatic carbocycles. The molecule has 6 rings (SSSR count). The maximum atomic E-state index is 14.4. The van der Waals surface area contributed by atoms with Crippen LogP contribution in [0.5, 0.6) is 5.75 Å². The highest BCUT2D eigenvalue weighted by molar-refractivity contribution is 8.00. The molecule has 420 valence electrons. The summed E-state index contributed by atoms with van der Waals surface area (Å²) in [5.41, 5.74) is 4.34. The minimum absolute atomic E-state index is 0.00468. The van der Waals surface area contributed by atoms with Gasteiger partial charge in [-0.25, -0.2) is 9.59 Å². The first kappa shape index (κ1) is 60.0. The lowest BCUT2D eigenvalue weighted by Crippen LogP contribution is -2.63. The average molecular weight is 1100 g/mol. The molecule has 1 saturated carbocycles. The molecule has 0 radical (unpaired) electrons. The lowest BCUT2D eigenvalue weighted by Gasteiger charge is -2.42. The number of rotatable bonds is 18. The summed E-state index contributed by atoms with van der Waals surface area (Å²) in [6, 6.07) is 1.47. The highest BCUT2D eigenvalue weighted by atomic mass is 35.5. The average Bonchev–Trinajstić information content (AvgIpc) is 4.01. The predicted octanol–water partition coefficient (Wildman–Crippen LogP) is 4.27. The van der Waals surface area contributed by atoms with Gasteiger partial charge in [-0.2, -0.15) is 0 Å². The van der Waals surface area contributed by atoms with E-state index in [1.165, 1.54) is 54.7 Å². The molecule has 23 heteroatoms. The number of nitrogens with two attached hydrogens (primary N) is 1. The van der Waals surface area contributed by atoms with E-state index in [-0.39, 0.29) is 66.1 Å². The molecular formula is C53H75ClN6O15S. The predicted molar refractivity (Wildman–Crippen MR) is 281 cm³/mol. The fourth-order valence-electron chi connectivity index (χ4n) is 10.5. The highest BCUT2D eigenvalue weighted by Gasteiger charge is 2.64. The Morgan fingerprint density at radius 1 is 1.08 bits per heavy atom. The number of carbonyl (C=O) groups excluding carboxylic acids is 7. The minimum atomic E-state index is -1.89. The normalized spacial score (nSPS) is 30.9. The van der Waals surface area contributed by atoms with Gasteiger partial charge in [-0.3, -0.25) is 39.0 Å². The number of carboxylic acid groups (broad SMARTS) is 1. The number of carbonyl (C=O) groups is 8. The maximum absolute atomic E-state index is 14.4. The summed E-state index contributed by atoms with van der Waals surface area (Å²) in [6.07, 6.45) is 4.40. The summed E-state index contributed by atoms with van der Waals surface area (Å²) in [7, 11) is 5.87. The number of imide groups is 1. The monoisotopic (exact) mass is 1100 g/mol. The first-order valence-corrected chi connectivity index (χ1v) is 27.4. The molecule has 76 heavy (non-hydrogen) atoms. The summed E-state index contributed by atoms with van der Waals surface area (Å²) in [4.78, 5) is 109. The van der Waals surface area contributed by atoms with E-state index in [0.29, 0.717) is 69.3 Å². The van der Waals surface area contributed by atoms with Crippen LogP contribution in [0.15, 0.2) is 35.9 Å². The van der Waals surface area contributed by atoms with Crippen molar-refractivity contribution in [3.05, 3.63) is 46.5 Å². The van der Waals surface area contributed by atoms with E-state index in [1.807, 2.05) is 13.0 Å². The van der Waals surface area contributed by atoms with Crippen LogP contribution in [0.4, 0.5) is 10.5 Å². The molecule has 0 spiro atoms. The van der Waals surface area contributed by atoms with Crippen LogP contribution in [0.25, 0.3) is 0 Å². The zero-order chi connectivity index (χ0) is 55.8. The van der Waals surface area contributed by atoms with Gasteiger partial charge in [-0.1, -0.05) is 42.3 Å². The number of carboxylic acids is 1. The van der Waals surface area contributed by atoms with E-state index in [1.54, 1.807) is 45.2 Å². The molecule has 2 unspecified atom stereocenters. The number of likely N-dealkylation sites (tertiary alicyclic amines) is 1. The Kier molecular flexibility index (Phi) is 20.5. The molecule has 10 atom stereocenters. The molecule has 4 aliphatic heterocycles. The molecule has 1 aromatic rings. The van der Waals surface area contributed by atoms with Crippen molar-refractivity contribution >= 4 is 76.6 Å². The second-order valence-corrected chi connectivity index (χ2v) is 22.7. The third kappa shape index (κ3) is 14.5. The number of fused-ring (bicyclic) bond motifs is 5. The standard InChI is InChI=1S/C53H75ClN6O15S/c1-29-12-11-14-40(72-8)53(70)27-38(73-51(69)57-53)30(2)46-52(4,75-46)41(26-43(62)59(6)36-23-33(22-29)24-37(71-7)45(36)54)74-50(68)31(3)58(5)42(61)19-21-76-39-25-44(63)60(48(39)65)28-32-15-17-34(18-16-32)47(64)56-20-10-9-13-35(55)49(66)67/h11-12,14,23-24,30-32,34-35,38-41,46,70H,9-10,13,15-22,25-28,55H2,1-8H3,(H,56,64)(H,57,69)(H,66,67)/b14-11+,29-12+/t30-,31+,32?,34?,35+,38+,39?,40-,41+,46?,52+,53+/m1/s1. The number of allylic oxidation sites excluding steroid dienone is 3. The zero-order valence-electron chi connectivity index (χ0n) is 44.7. The summed E-state index contributed by atoms with van der Waals surface area (Å²) in [6.45, 7) is 7.53. The van der Waals surface area contributed by atoms with Crippen molar-refractivity contribution in [2.75, 3.05) is 52.1 Å². The molecule has 4 bridgehead atoms. The number of anilines is 1. The van der Waals surface area contributed by atoms with Crippen LogP contribution in [0, 0.1) is 17.8 Å². The van der Waals surface area contributed by atoms with E-state index in [9.17, 15) is 43.5 Å². The van der Waals surface area contributed by atoms with Crippen molar-refractivity contribution in [3.8, 4) is 5.75 Å². The number of nitrogens with one attached hydrogen (secondary N) is 2. The van der Waals surface area contributed by atoms with Crippen LogP contribution >= 0.6 is 23.4 Å². The van der Waals surface area contributed by atoms with Crippen molar-refractivity contribution in [1.29, 1.82) is 0 Å². The van der Waals surface area contributed by atoms with Crippen LogP contribution in [0.1, 0.15) is 104 Å². The fourth-order valence-corrected chi connectivity index (χ4v) is 11.9. The molecule has 4 heterocycles. The zero-order valence-corrected chi connectivity index (χ0v) is 46.2. The molecule has 3 saturated heterocycles. The van der Waals surface area contributed by atoms with Gasteiger partial charge in [-0.15, -0.1) is 11.8 Å². The van der Waals surface area contributed by atoms with Crippen LogP contribution < -0.4 is 26.0 Å². The van der Waals surface area contributed by atoms with Crippen molar-refractivity contribution in [2.24, 2.45) is 23.5 Å². The number of alkyl carbamates (subject to hydrolysis) is 1. The number of halogens is 1. The van der Waals surface area contributed by atoms with E-state index in [2.05, 4.69) is 10.6 Å². The van der Waals surface area contributed by atoms with Crippen molar-refractivity contribution in [2.45, 2.75) is 158 Å². The highest BCUT2D eigenvalue weighted by Crippen LogP contribution is 2.49. The number of methoxy groups -OCH3 is 2. The molecule has 6 N–H and O–H groups in total. The summed E-state index contributed by atoms with van der Waals surface area (Å²) < 4.78 is 29.5. The Balaban J connectivity index is 1.07. The number of thioether (sulfide) groups is 1. The molecule has 0 aromatic heterocycles. The van der Waals surface area contributed by atoms with Gasteiger partial charge >= 0.3 is 18.0 Å². The largest absolute Gasteiger partial charge is 0.495 e. The Hall–Kier alpha value is -5.26. The number of hydrogen-bond donors (Lipinski definition) is 5. The lowest BCUT2D eigenvalue weighted by molar-refractivity contribution is -0.162. The van der Waals surface area contributed by atoms with Gasteiger partial charge in [0.2, 0.25) is 29.5 Å². The van der Waals surface area contributed by atoms with Crippen LogP contribution in [-0.2, 0) is 58.9 Å². The Morgan fingerprint density at radius 3 is 2.46 bits per heavy atom. The van der Waals surface area contributed by atoms with Crippen LogP contribution in [0.2, 0.25) is 5.02 Å². The second-order valence-electron chi connectivity index (χ2n) is 21.0. The maximum Gasteiger partial charge on any atom is 0.409 e. The van der Waals surface area contributed by atoms with Crippen molar-refractivity contribution in [1.82, 2.24) is 20.4 Å². The topological polar surface area (TPSA) is 286 Å². The van der Waals surface area contributed by atoms with Gasteiger partial charge < -0.3 is 54.7 Å². The van der Waals surface area contributed by atoms with E-state index >= 15 is 0 Å². The molecule has 21 nitrogen and oxygen atoms in total. The van der Waals surface area contributed by atoms with Crippen LogP contribution in [0.3, 0.4) is 0 Å². The quantitative estimate of drug-likeness (QED) is 0.0594. The summed E-state index contributed by atoms with van der Waals surface area (Å²) in [5, 5.41) is 25.7. The number of amides is 6. The van der Waals surface area contributed by atoms with Gasteiger partial charge in [0.25, 0.3) is 0 Å². The minimum Gasteiger partial charge on any atom is -0.495 e. The van der Waals surface area contributed by atoms with Gasteiger partial charge in [-0.05, 0) is 95.8 Å². The number of benzene rings is 1. The summed E-state index contributed by atoms with van der Waals surface area (Å²) >= 11 is 8.02. The molecule has 5 aliphatic rings. The van der Waals surface area contributed by atoms with Gasteiger partial charge in [0.1, 0.15) is 46.8 Å². The van der Waals surface area contributed by atoms with Crippen molar-refractivity contribution < 1.29 is 72.3 Å². The number of nitrogens with zero attached hydrogens (tertiary/aromatic N) is 3. The first-order chi connectivity index (χ1) is 35.9. The SMILES string of the molecule is COc1cc2cc(c1Cl)N(C)C(=O)C[C@H](OC(=O)[C@H](C)N(C)C(=O)CCSC1CC(=O)N(CC3CCC(C(=O)NCCCC[C@H](N)C(=O)O)CC3)C1=O)[C@]1(C)OC1[C@H](C)[C@@H]1C[C@@](O)(NC(=O)O1)[C@H](OC)/C=C/C=C(\C)C2. The molecule has 4 fully saturated rings. The number of likely N-dealkylation sites (N-methyl/N-ethyl adjacent to an activating group) is 1.